The molecule has 2 atom stereocenters. The van der Waals surface area contributed by atoms with Gasteiger partial charge in [-0.1, -0.05) is 29.8 Å². The summed E-state index contributed by atoms with van der Waals surface area (Å²) in [5.41, 5.74) is 9.55. The predicted octanol–water partition coefficient (Wildman–Crippen LogP) is 3.66. The van der Waals surface area contributed by atoms with E-state index in [9.17, 15) is 10.1 Å². The largest absolute Gasteiger partial charge is 0.324 e. The third-order valence-electron chi connectivity index (χ3n) is 4.08. The Kier molecular flexibility index (Phi) is 3.66. The molecule has 0 aliphatic heterocycles. The van der Waals surface area contributed by atoms with Crippen LogP contribution in [0.15, 0.2) is 42.5 Å². The van der Waals surface area contributed by atoms with Gasteiger partial charge in [0.05, 0.1) is 4.92 Å². The number of halogens is 1. The Morgan fingerprint density at radius 3 is 2.81 bits per heavy atom. The molecule has 0 saturated heterocycles. The minimum Gasteiger partial charge on any atom is -0.324 e. The Labute approximate surface area is 127 Å². The molecule has 0 bridgehead atoms. The monoisotopic (exact) mass is 302 g/mol. The van der Waals surface area contributed by atoms with Gasteiger partial charge in [0.1, 0.15) is 0 Å². The summed E-state index contributed by atoms with van der Waals surface area (Å²) in [6.45, 7) is 0. The normalized spacial score (nSPS) is 20.3. The van der Waals surface area contributed by atoms with Crippen LogP contribution in [0, 0.1) is 16.0 Å². The molecule has 2 aromatic rings. The number of nitro groups is 1. The fourth-order valence-electron chi connectivity index (χ4n) is 3.02. The third kappa shape index (κ3) is 2.77. The maximum atomic E-state index is 10.9. The summed E-state index contributed by atoms with van der Waals surface area (Å²) in [6, 6.07) is 12.6. The van der Waals surface area contributed by atoms with Crippen molar-refractivity contribution in [3.63, 3.8) is 0 Å². The lowest BCUT2D eigenvalue weighted by Gasteiger charge is -2.16. The lowest BCUT2D eigenvalue weighted by molar-refractivity contribution is -0.384. The summed E-state index contributed by atoms with van der Waals surface area (Å²) in [5.74, 6) is 0.250. The molecule has 2 aromatic carbocycles. The van der Waals surface area contributed by atoms with Gasteiger partial charge in [-0.2, -0.15) is 0 Å². The van der Waals surface area contributed by atoms with Crippen LogP contribution < -0.4 is 5.73 Å². The fraction of sp³-hybridized carbons (Fsp3) is 0.250. The van der Waals surface area contributed by atoms with Crippen LogP contribution in [0.1, 0.15) is 22.7 Å². The number of rotatable bonds is 3. The highest BCUT2D eigenvalue weighted by Gasteiger charge is 2.31. The van der Waals surface area contributed by atoms with Crippen LogP contribution in [0.25, 0.3) is 0 Å². The lowest BCUT2D eigenvalue weighted by Crippen LogP contribution is -2.19. The van der Waals surface area contributed by atoms with Gasteiger partial charge in [-0.15, -0.1) is 0 Å². The van der Waals surface area contributed by atoms with Crippen LogP contribution in [0.5, 0.6) is 0 Å². The minimum absolute atomic E-state index is 0.104. The second-order valence-corrected chi connectivity index (χ2v) is 5.90. The van der Waals surface area contributed by atoms with E-state index >= 15 is 0 Å². The van der Waals surface area contributed by atoms with E-state index in [2.05, 4.69) is 0 Å². The molecule has 3 rings (SSSR count). The molecule has 0 saturated carbocycles. The van der Waals surface area contributed by atoms with E-state index in [1.165, 1.54) is 0 Å². The van der Waals surface area contributed by atoms with E-state index in [1.807, 2.05) is 30.3 Å². The number of hydrogen-bond donors (Lipinski definition) is 1. The summed E-state index contributed by atoms with van der Waals surface area (Å²) in [6.07, 6.45) is 1.67. The molecule has 2 unspecified atom stereocenters. The molecule has 0 heterocycles. The number of fused-ring (bicyclic) bond motifs is 1. The number of nitrogens with two attached hydrogens (primary N) is 1. The summed E-state index contributed by atoms with van der Waals surface area (Å²) in [4.78, 5) is 10.5. The molecule has 2 N–H and O–H groups in total. The molecule has 21 heavy (non-hydrogen) atoms. The SMILES string of the molecule is NC1c2cc([N+](=O)[O-])ccc2CC1Cc1cccc(Cl)c1. The molecule has 1 aliphatic carbocycles. The van der Waals surface area contributed by atoms with Gasteiger partial charge in [-0.25, -0.2) is 0 Å². The van der Waals surface area contributed by atoms with Crippen molar-refractivity contribution < 1.29 is 4.92 Å². The van der Waals surface area contributed by atoms with Gasteiger partial charge in [0.15, 0.2) is 0 Å². The quantitative estimate of drug-likeness (QED) is 0.695. The van der Waals surface area contributed by atoms with Gasteiger partial charge in [0, 0.05) is 23.2 Å². The Bertz CT molecular complexity index is 702. The molecule has 4 nitrogen and oxygen atoms in total. The van der Waals surface area contributed by atoms with Gasteiger partial charge in [-0.05, 0) is 47.6 Å². The standard InChI is InChI=1S/C16H15ClN2O2/c17-13-3-1-2-10(7-13)6-12-8-11-4-5-14(19(20)21)9-15(11)16(12)18/h1-5,7,9,12,16H,6,8,18H2. The van der Waals surface area contributed by atoms with Gasteiger partial charge >= 0.3 is 0 Å². The van der Waals surface area contributed by atoms with Crippen LogP contribution in [0.4, 0.5) is 5.69 Å². The Morgan fingerprint density at radius 2 is 2.10 bits per heavy atom. The molecule has 1 aliphatic rings. The van der Waals surface area contributed by atoms with Crippen molar-refractivity contribution in [1.29, 1.82) is 0 Å². The first kappa shape index (κ1) is 14.0. The summed E-state index contributed by atoms with van der Waals surface area (Å²) < 4.78 is 0. The zero-order valence-electron chi connectivity index (χ0n) is 11.3. The van der Waals surface area contributed by atoms with E-state index < -0.39 is 0 Å². The Morgan fingerprint density at radius 1 is 1.29 bits per heavy atom. The summed E-state index contributed by atoms with van der Waals surface area (Å²) in [7, 11) is 0. The van der Waals surface area contributed by atoms with Crippen molar-refractivity contribution in [3.8, 4) is 0 Å². The van der Waals surface area contributed by atoms with Crippen molar-refractivity contribution >= 4 is 17.3 Å². The van der Waals surface area contributed by atoms with Gasteiger partial charge in [0.2, 0.25) is 0 Å². The number of nitrogens with zero attached hydrogens (tertiary/aromatic N) is 1. The van der Waals surface area contributed by atoms with E-state index in [0.717, 1.165) is 29.5 Å². The second kappa shape index (κ2) is 5.47. The maximum absolute atomic E-state index is 10.9. The van der Waals surface area contributed by atoms with E-state index in [1.54, 1.807) is 12.1 Å². The Balaban J connectivity index is 1.83. The predicted molar refractivity (Wildman–Crippen MR) is 82.4 cm³/mol. The fourth-order valence-corrected chi connectivity index (χ4v) is 3.23. The second-order valence-electron chi connectivity index (χ2n) is 5.46. The van der Waals surface area contributed by atoms with Crippen molar-refractivity contribution in [2.45, 2.75) is 18.9 Å². The highest BCUT2D eigenvalue weighted by atomic mass is 35.5. The molecule has 0 fully saturated rings. The first-order valence-electron chi connectivity index (χ1n) is 6.82. The average Bonchev–Trinajstić information content (AvgIpc) is 2.75. The number of benzene rings is 2. The van der Waals surface area contributed by atoms with Crippen molar-refractivity contribution in [2.24, 2.45) is 11.7 Å². The maximum Gasteiger partial charge on any atom is 0.269 e. The Hall–Kier alpha value is -1.91. The summed E-state index contributed by atoms with van der Waals surface area (Å²) in [5, 5.41) is 11.6. The van der Waals surface area contributed by atoms with Crippen LogP contribution in [0.2, 0.25) is 5.02 Å². The van der Waals surface area contributed by atoms with Gasteiger partial charge < -0.3 is 5.73 Å². The highest BCUT2D eigenvalue weighted by Crippen LogP contribution is 2.38. The number of nitro benzene ring substituents is 1. The molecule has 0 aromatic heterocycles. The molecule has 5 heteroatoms. The van der Waals surface area contributed by atoms with Crippen LogP contribution in [-0.4, -0.2) is 4.92 Å². The molecular formula is C16H15ClN2O2. The lowest BCUT2D eigenvalue weighted by atomic mass is 9.93. The van der Waals surface area contributed by atoms with Crippen LogP contribution >= 0.6 is 11.6 Å². The molecule has 0 spiro atoms. The molecule has 0 radical (unpaired) electrons. The highest BCUT2D eigenvalue weighted by molar-refractivity contribution is 6.30. The van der Waals surface area contributed by atoms with E-state index in [4.69, 9.17) is 17.3 Å². The van der Waals surface area contributed by atoms with Crippen molar-refractivity contribution in [3.05, 3.63) is 74.3 Å². The average molecular weight is 303 g/mol. The van der Waals surface area contributed by atoms with Gasteiger partial charge in [0.25, 0.3) is 5.69 Å². The zero-order valence-corrected chi connectivity index (χ0v) is 12.1. The van der Waals surface area contributed by atoms with Crippen LogP contribution in [-0.2, 0) is 12.8 Å². The molecule has 108 valence electrons. The number of hydrogen-bond acceptors (Lipinski definition) is 3. The molecular weight excluding hydrogens is 288 g/mol. The molecule has 0 amide bonds. The smallest absolute Gasteiger partial charge is 0.269 e. The third-order valence-corrected chi connectivity index (χ3v) is 4.31. The minimum atomic E-state index is -0.378. The van der Waals surface area contributed by atoms with Crippen molar-refractivity contribution in [1.82, 2.24) is 0 Å². The zero-order chi connectivity index (χ0) is 15.0. The summed E-state index contributed by atoms with van der Waals surface area (Å²) >= 11 is 6.01. The van der Waals surface area contributed by atoms with E-state index in [0.29, 0.717) is 5.02 Å². The van der Waals surface area contributed by atoms with Crippen molar-refractivity contribution in [2.75, 3.05) is 0 Å². The first-order valence-corrected chi connectivity index (χ1v) is 7.19. The van der Waals surface area contributed by atoms with Gasteiger partial charge in [-0.3, -0.25) is 10.1 Å². The number of non-ortho nitro benzene ring substituents is 1. The topological polar surface area (TPSA) is 69.2 Å². The van der Waals surface area contributed by atoms with E-state index in [-0.39, 0.29) is 22.6 Å². The van der Waals surface area contributed by atoms with Crippen LogP contribution in [0.3, 0.4) is 0 Å². The first-order chi connectivity index (χ1) is 10.0.